The third-order valence-corrected chi connectivity index (χ3v) is 5.57. The molecule has 1 aliphatic rings. The fourth-order valence-corrected chi connectivity index (χ4v) is 3.97. The minimum atomic E-state index is -0.628. The summed E-state index contributed by atoms with van der Waals surface area (Å²) in [5, 5.41) is 2.95. The van der Waals surface area contributed by atoms with Crippen molar-refractivity contribution in [2.24, 2.45) is 4.99 Å². The zero-order valence-electron chi connectivity index (χ0n) is 19.3. The number of methoxy groups -OCH3 is 2. The van der Waals surface area contributed by atoms with Gasteiger partial charge in [0.1, 0.15) is 5.92 Å². The molecular formula is C27H26N2O5. The normalized spacial score (nSPS) is 14.9. The number of ether oxygens (including phenoxy) is 3. The second-order valence-electron chi connectivity index (χ2n) is 7.73. The van der Waals surface area contributed by atoms with Crippen molar-refractivity contribution in [2.75, 3.05) is 26.1 Å². The summed E-state index contributed by atoms with van der Waals surface area (Å²) in [7, 11) is 3.12. The fourth-order valence-electron chi connectivity index (χ4n) is 3.97. The summed E-state index contributed by atoms with van der Waals surface area (Å²) in [6, 6.07) is 20.5. The van der Waals surface area contributed by atoms with Crippen LogP contribution in [0, 0.1) is 0 Å². The Balaban J connectivity index is 1.75. The van der Waals surface area contributed by atoms with E-state index in [0.29, 0.717) is 35.2 Å². The Kier molecular flexibility index (Phi) is 6.92. The number of aliphatic imine (C=N–C) groups is 1. The predicted octanol–water partition coefficient (Wildman–Crippen LogP) is 4.67. The predicted molar refractivity (Wildman–Crippen MR) is 130 cm³/mol. The lowest BCUT2D eigenvalue weighted by Crippen LogP contribution is -2.22. The van der Waals surface area contributed by atoms with Crippen molar-refractivity contribution in [3.63, 3.8) is 0 Å². The Hall–Kier alpha value is -4.13. The Labute approximate surface area is 198 Å². The van der Waals surface area contributed by atoms with Crippen molar-refractivity contribution in [1.82, 2.24) is 0 Å². The van der Waals surface area contributed by atoms with Crippen molar-refractivity contribution in [3.05, 3.63) is 83.4 Å². The molecule has 0 aliphatic carbocycles. The van der Waals surface area contributed by atoms with Crippen LogP contribution < -0.4 is 14.8 Å². The molecule has 1 N–H and O–H groups in total. The van der Waals surface area contributed by atoms with E-state index < -0.39 is 5.92 Å². The van der Waals surface area contributed by atoms with Gasteiger partial charge < -0.3 is 19.5 Å². The van der Waals surface area contributed by atoms with Gasteiger partial charge >= 0.3 is 5.97 Å². The van der Waals surface area contributed by atoms with Crippen LogP contribution in [0.5, 0.6) is 11.5 Å². The molecule has 0 saturated carbocycles. The molecule has 174 valence electrons. The van der Waals surface area contributed by atoms with E-state index in [1.165, 1.54) is 0 Å². The number of nitrogens with one attached hydrogen (secondary N) is 1. The third kappa shape index (κ3) is 4.78. The molecule has 0 aromatic heterocycles. The van der Waals surface area contributed by atoms with Gasteiger partial charge in [-0.15, -0.1) is 0 Å². The molecule has 1 atom stereocenters. The Bertz CT molecular complexity index is 1220. The van der Waals surface area contributed by atoms with Crippen LogP contribution in [0.15, 0.2) is 71.7 Å². The van der Waals surface area contributed by atoms with Crippen LogP contribution in [-0.2, 0) is 20.7 Å². The van der Waals surface area contributed by atoms with Crippen LogP contribution in [0.3, 0.4) is 0 Å². The quantitative estimate of drug-likeness (QED) is 0.392. The number of hydrogen-bond acceptors (Lipinski definition) is 6. The smallest absolute Gasteiger partial charge is 0.310 e. The molecule has 7 heteroatoms. The van der Waals surface area contributed by atoms with Crippen LogP contribution in [0.2, 0.25) is 0 Å². The first-order chi connectivity index (χ1) is 16.5. The van der Waals surface area contributed by atoms with Gasteiger partial charge in [0.05, 0.1) is 38.6 Å². The topological polar surface area (TPSA) is 86.2 Å². The van der Waals surface area contributed by atoms with Crippen LogP contribution in [0.25, 0.3) is 0 Å². The lowest BCUT2D eigenvalue weighted by atomic mass is 9.90. The summed E-state index contributed by atoms with van der Waals surface area (Å²) in [5.41, 5.74) is 4.39. The summed E-state index contributed by atoms with van der Waals surface area (Å²) in [6.45, 7) is 2.13. The lowest BCUT2D eigenvalue weighted by Gasteiger charge is -2.15. The minimum Gasteiger partial charge on any atom is -0.493 e. The van der Waals surface area contributed by atoms with Gasteiger partial charge in [-0.25, -0.2) is 0 Å². The van der Waals surface area contributed by atoms with E-state index in [0.717, 1.165) is 16.7 Å². The number of hydrogen-bond donors (Lipinski definition) is 1. The second kappa shape index (κ2) is 10.2. The summed E-state index contributed by atoms with van der Waals surface area (Å²) >= 11 is 0. The fraction of sp³-hybridized carbons (Fsp3) is 0.222. The molecule has 0 radical (unpaired) electrons. The number of benzene rings is 3. The molecule has 4 rings (SSSR count). The SMILES string of the molecule is CCOC(=O)Cc1ccc(N=C(c2ccccc2)C2C(=O)Nc3cc(OC)c(OC)cc32)cc1. The zero-order chi connectivity index (χ0) is 24.1. The van der Waals surface area contributed by atoms with Crippen LogP contribution in [0.1, 0.15) is 29.5 Å². The Morgan fingerprint density at radius 2 is 1.65 bits per heavy atom. The van der Waals surface area contributed by atoms with Gasteiger partial charge in [-0.3, -0.25) is 14.6 Å². The molecule has 0 bridgehead atoms. The maximum atomic E-state index is 13.1. The standard InChI is InChI=1S/C27H26N2O5/c1-4-34-24(30)14-17-10-12-19(13-11-17)28-26(18-8-6-5-7-9-18)25-20-15-22(32-2)23(33-3)16-21(20)29-27(25)31/h5-13,15-16,25H,4,14H2,1-3H3,(H,29,31). The molecular weight excluding hydrogens is 432 g/mol. The third-order valence-electron chi connectivity index (χ3n) is 5.57. The van der Waals surface area contributed by atoms with Crippen molar-refractivity contribution in [3.8, 4) is 11.5 Å². The van der Waals surface area contributed by atoms with Crippen LogP contribution >= 0.6 is 0 Å². The van der Waals surface area contributed by atoms with Gasteiger partial charge in [0.2, 0.25) is 5.91 Å². The molecule has 3 aromatic carbocycles. The molecule has 0 saturated heterocycles. The van der Waals surface area contributed by atoms with E-state index >= 15 is 0 Å². The zero-order valence-corrected chi connectivity index (χ0v) is 19.3. The number of carbonyl (C=O) groups excluding carboxylic acids is 2. The van der Waals surface area contributed by atoms with Crippen molar-refractivity contribution in [1.29, 1.82) is 0 Å². The average Bonchev–Trinajstić information content (AvgIpc) is 3.17. The van der Waals surface area contributed by atoms with Crippen LogP contribution in [0.4, 0.5) is 11.4 Å². The van der Waals surface area contributed by atoms with Gasteiger partial charge in [0.15, 0.2) is 11.5 Å². The first-order valence-electron chi connectivity index (χ1n) is 11.0. The largest absolute Gasteiger partial charge is 0.493 e. The van der Waals surface area contributed by atoms with Gasteiger partial charge in [-0.2, -0.15) is 0 Å². The monoisotopic (exact) mass is 458 g/mol. The van der Waals surface area contributed by atoms with E-state index in [1.54, 1.807) is 27.2 Å². The van der Waals surface area contributed by atoms with Gasteiger partial charge in [0.25, 0.3) is 0 Å². The number of amides is 1. The number of anilines is 1. The summed E-state index contributed by atoms with van der Waals surface area (Å²) in [4.78, 5) is 29.8. The summed E-state index contributed by atoms with van der Waals surface area (Å²) in [6.07, 6.45) is 0.198. The van der Waals surface area contributed by atoms with Gasteiger partial charge in [-0.1, -0.05) is 42.5 Å². The molecule has 1 heterocycles. The molecule has 0 fully saturated rings. The minimum absolute atomic E-state index is 0.174. The van der Waals surface area contributed by atoms with E-state index in [4.69, 9.17) is 19.2 Å². The van der Waals surface area contributed by atoms with E-state index in [2.05, 4.69) is 5.32 Å². The van der Waals surface area contributed by atoms with E-state index in [9.17, 15) is 9.59 Å². The van der Waals surface area contributed by atoms with Crippen molar-refractivity contribution in [2.45, 2.75) is 19.3 Å². The molecule has 7 nitrogen and oxygen atoms in total. The lowest BCUT2D eigenvalue weighted by molar-refractivity contribution is -0.142. The Morgan fingerprint density at radius 3 is 2.29 bits per heavy atom. The van der Waals surface area contributed by atoms with Crippen molar-refractivity contribution < 1.29 is 23.8 Å². The van der Waals surface area contributed by atoms with E-state index in [1.807, 2.05) is 60.7 Å². The summed E-state index contributed by atoms with van der Waals surface area (Å²) < 4.78 is 15.9. The summed E-state index contributed by atoms with van der Waals surface area (Å²) in [5.74, 6) is 0.00617. The van der Waals surface area contributed by atoms with Crippen LogP contribution in [-0.4, -0.2) is 38.4 Å². The number of nitrogens with zero attached hydrogens (tertiary/aromatic N) is 1. The number of rotatable bonds is 8. The molecule has 34 heavy (non-hydrogen) atoms. The van der Waals surface area contributed by atoms with Crippen molar-refractivity contribution >= 4 is 29.0 Å². The number of esters is 1. The maximum absolute atomic E-state index is 13.1. The molecule has 1 unspecified atom stereocenters. The number of fused-ring (bicyclic) bond motifs is 1. The highest BCUT2D eigenvalue weighted by Gasteiger charge is 2.36. The molecule has 1 aliphatic heterocycles. The first kappa shape index (κ1) is 23.0. The average molecular weight is 459 g/mol. The molecule has 0 spiro atoms. The number of carbonyl (C=O) groups is 2. The Morgan fingerprint density at radius 1 is 0.971 bits per heavy atom. The molecule has 3 aromatic rings. The highest BCUT2D eigenvalue weighted by atomic mass is 16.5. The van der Waals surface area contributed by atoms with E-state index in [-0.39, 0.29) is 18.3 Å². The van der Waals surface area contributed by atoms with Gasteiger partial charge in [-0.05, 0) is 41.8 Å². The highest BCUT2D eigenvalue weighted by molar-refractivity contribution is 6.24. The van der Waals surface area contributed by atoms with Gasteiger partial charge in [0, 0.05) is 11.8 Å². The maximum Gasteiger partial charge on any atom is 0.310 e. The highest BCUT2D eigenvalue weighted by Crippen LogP contribution is 2.42. The molecule has 1 amide bonds. The first-order valence-corrected chi connectivity index (χ1v) is 11.0. The second-order valence-corrected chi connectivity index (χ2v) is 7.73.